The van der Waals surface area contributed by atoms with E-state index in [4.69, 9.17) is 5.11 Å². The van der Waals surface area contributed by atoms with Crippen LogP contribution in [-0.4, -0.2) is 36.9 Å². The Morgan fingerprint density at radius 2 is 2.06 bits per heavy atom. The van der Waals surface area contributed by atoms with Crippen LogP contribution in [0.15, 0.2) is 24.3 Å². The zero-order valence-electron chi connectivity index (χ0n) is 10.1. The van der Waals surface area contributed by atoms with E-state index in [1.54, 1.807) is 0 Å². The number of hydrogen-bond acceptors (Lipinski definition) is 3. The summed E-state index contributed by atoms with van der Waals surface area (Å²) < 4.78 is 12.9. The van der Waals surface area contributed by atoms with Crippen molar-refractivity contribution in [3.8, 4) is 0 Å². The SMILES string of the molecule is CC1CNCC(CCO)N1c1ccc(F)cc1. The Labute approximate surface area is 101 Å². The van der Waals surface area contributed by atoms with Crippen molar-refractivity contribution in [2.24, 2.45) is 0 Å². The van der Waals surface area contributed by atoms with Crippen LogP contribution >= 0.6 is 0 Å². The molecule has 1 heterocycles. The van der Waals surface area contributed by atoms with Gasteiger partial charge < -0.3 is 15.3 Å². The van der Waals surface area contributed by atoms with Crippen LogP contribution in [0.2, 0.25) is 0 Å². The van der Waals surface area contributed by atoms with Crippen LogP contribution < -0.4 is 10.2 Å². The first-order valence-corrected chi connectivity index (χ1v) is 6.08. The molecule has 0 saturated carbocycles. The Hall–Kier alpha value is -1.13. The topological polar surface area (TPSA) is 35.5 Å². The molecule has 2 unspecified atom stereocenters. The molecule has 1 fully saturated rings. The fraction of sp³-hybridized carbons (Fsp3) is 0.538. The molecule has 17 heavy (non-hydrogen) atoms. The number of halogens is 1. The van der Waals surface area contributed by atoms with Crippen molar-refractivity contribution in [2.75, 3.05) is 24.6 Å². The first-order valence-electron chi connectivity index (χ1n) is 6.08. The van der Waals surface area contributed by atoms with Crippen LogP contribution in [0.25, 0.3) is 0 Å². The molecule has 1 saturated heterocycles. The van der Waals surface area contributed by atoms with Crippen LogP contribution in [0.5, 0.6) is 0 Å². The molecule has 1 aromatic rings. The number of piperazine rings is 1. The van der Waals surface area contributed by atoms with Crippen LogP contribution in [0.4, 0.5) is 10.1 Å². The van der Waals surface area contributed by atoms with Gasteiger partial charge in [-0.25, -0.2) is 4.39 Å². The average Bonchev–Trinajstić information content (AvgIpc) is 2.32. The van der Waals surface area contributed by atoms with Gasteiger partial charge >= 0.3 is 0 Å². The van der Waals surface area contributed by atoms with Crippen LogP contribution in [0.1, 0.15) is 13.3 Å². The van der Waals surface area contributed by atoms with E-state index in [-0.39, 0.29) is 18.5 Å². The molecule has 2 rings (SSSR count). The quantitative estimate of drug-likeness (QED) is 0.835. The van der Waals surface area contributed by atoms with E-state index in [0.29, 0.717) is 6.04 Å². The van der Waals surface area contributed by atoms with Crippen molar-refractivity contribution < 1.29 is 9.50 Å². The third kappa shape index (κ3) is 2.76. The normalized spacial score (nSPS) is 25.0. The minimum atomic E-state index is -0.213. The third-order valence-electron chi connectivity index (χ3n) is 3.28. The molecule has 2 atom stereocenters. The maximum Gasteiger partial charge on any atom is 0.123 e. The van der Waals surface area contributed by atoms with E-state index in [0.717, 1.165) is 25.2 Å². The summed E-state index contributed by atoms with van der Waals surface area (Å²) in [6.45, 7) is 4.10. The Balaban J connectivity index is 2.21. The lowest BCUT2D eigenvalue weighted by atomic mass is 10.0. The lowest BCUT2D eigenvalue weighted by molar-refractivity contribution is 0.259. The highest BCUT2D eigenvalue weighted by Crippen LogP contribution is 2.23. The molecule has 1 aliphatic rings. The molecule has 0 bridgehead atoms. The Morgan fingerprint density at radius 1 is 1.35 bits per heavy atom. The number of rotatable bonds is 3. The van der Waals surface area contributed by atoms with Gasteiger partial charge in [0, 0.05) is 37.5 Å². The molecule has 3 nitrogen and oxygen atoms in total. The van der Waals surface area contributed by atoms with Gasteiger partial charge in [-0.05, 0) is 37.6 Å². The summed E-state index contributed by atoms with van der Waals surface area (Å²) in [4.78, 5) is 2.27. The van der Waals surface area contributed by atoms with Gasteiger partial charge in [-0.2, -0.15) is 0 Å². The molecule has 4 heteroatoms. The second-order valence-corrected chi connectivity index (χ2v) is 4.56. The van der Waals surface area contributed by atoms with E-state index >= 15 is 0 Å². The highest BCUT2D eigenvalue weighted by Gasteiger charge is 2.27. The van der Waals surface area contributed by atoms with Gasteiger partial charge in [0.2, 0.25) is 0 Å². The van der Waals surface area contributed by atoms with Crippen molar-refractivity contribution >= 4 is 5.69 Å². The molecule has 1 aliphatic heterocycles. The molecular weight excluding hydrogens is 219 g/mol. The summed E-state index contributed by atoms with van der Waals surface area (Å²) in [6.07, 6.45) is 0.731. The number of aliphatic hydroxyl groups excluding tert-OH is 1. The largest absolute Gasteiger partial charge is 0.396 e. The summed E-state index contributed by atoms with van der Waals surface area (Å²) in [6, 6.07) is 7.21. The average molecular weight is 238 g/mol. The van der Waals surface area contributed by atoms with E-state index in [1.165, 1.54) is 12.1 Å². The molecule has 0 radical (unpaired) electrons. The van der Waals surface area contributed by atoms with E-state index in [9.17, 15) is 4.39 Å². The number of nitrogens with zero attached hydrogens (tertiary/aromatic N) is 1. The van der Waals surface area contributed by atoms with E-state index < -0.39 is 0 Å². The first kappa shape index (κ1) is 12.3. The van der Waals surface area contributed by atoms with Crippen molar-refractivity contribution in [2.45, 2.75) is 25.4 Å². The number of benzene rings is 1. The minimum absolute atomic E-state index is 0.177. The van der Waals surface area contributed by atoms with E-state index in [2.05, 4.69) is 17.1 Å². The maximum atomic E-state index is 12.9. The summed E-state index contributed by atoms with van der Waals surface area (Å²) in [5.74, 6) is -0.213. The first-order chi connectivity index (χ1) is 8.22. The lowest BCUT2D eigenvalue weighted by Gasteiger charge is -2.42. The lowest BCUT2D eigenvalue weighted by Crippen LogP contribution is -2.56. The number of nitrogens with one attached hydrogen (secondary N) is 1. The van der Waals surface area contributed by atoms with Gasteiger partial charge in [0.15, 0.2) is 0 Å². The maximum absolute atomic E-state index is 12.9. The second kappa shape index (κ2) is 5.47. The summed E-state index contributed by atoms with van der Waals surface area (Å²) in [5.41, 5.74) is 1.03. The predicted octanol–water partition coefficient (Wildman–Crippen LogP) is 1.37. The highest BCUT2D eigenvalue weighted by molar-refractivity contribution is 5.49. The monoisotopic (exact) mass is 238 g/mol. The molecule has 1 aromatic carbocycles. The fourth-order valence-electron chi connectivity index (χ4n) is 2.48. The predicted molar refractivity (Wildman–Crippen MR) is 66.7 cm³/mol. The molecule has 0 aliphatic carbocycles. The molecule has 0 spiro atoms. The van der Waals surface area contributed by atoms with Gasteiger partial charge in [0.25, 0.3) is 0 Å². The number of aliphatic hydroxyl groups is 1. The summed E-state index contributed by atoms with van der Waals surface area (Å²) in [7, 11) is 0. The summed E-state index contributed by atoms with van der Waals surface area (Å²) >= 11 is 0. The third-order valence-corrected chi connectivity index (χ3v) is 3.28. The standard InChI is InChI=1S/C13H19FN2O/c1-10-8-15-9-13(6-7-17)16(10)12-4-2-11(14)3-5-12/h2-5,10,13,15,17H,6-9H2,1H3. The summed E-state index contributed by atoms with van der Waals surface area (Å²) in [5, 5.41) is 12.5. The van der Waals surface area contributed by atoms with Crippen molar-refractivity contribution in [3.05, 3.63) is 30.1 Å². The molecular formula is C13H19FN2O. The highest BCUT2D eigenvalue weighted by atomic mass is 19.1. The molecule has 0 amide bonds. The number of hydrogen-bond donors (Lipinski definition) is 2. The zero-order chi connectivity index (χ0) is 12.3. The van der Waals surface area contributed by atoms with Crippen molar-refractivity contribution in [3.63, 3.8) is 0 Å². The number of anilines is 1. The molecule has 2 N–H and O–H groups in total. The van der Waals surface area contributed by atoms with Gasteiger partial charge in [0.05, 0.1) is 0 Å². The second-order valence-electron chi connectivity index (χ2n) is 4.56. The van der Waals surface area contributed by atoms with Gasteiger partial charge in [0.1, 0.15) is 5.82 Å². The van der Waals surface area contributed by atoms with Gasteiger partial charge in [-0.3, -0.25) is 0 Å². The minimum Gasteiger partial charge on any atom is -0.396 e. The van der Waals surface area contributed by atoms with E-state index in [1.807, 2.05) is 12.1 Å². The molecule has 94 valence electrons. The van der Waals surface area contributed by atoms with Gasteiger partial charge in [-0.15, -0.1) is 0 Å². The Morgan fingerprint density at radius 3 is 2.71 bits per heavy atom. The fourth-order valence-corrected chi connectivity index (χ4v) is 2.48. The Kier molecular flexibility index (Phi) is 3.97. The smallest absolute Gasteiger partial charge is 0.123 e. The van der Waals surface area contributed by atoms with Crippen molar-refractivity contribution in [1.29, 1.82) is 0 Å². The van der Waals surface area contributed by atoms with Gasteiger partial charge in [-0.1, -0.05) is 0 Å². The van der Waals surface area contributed by atoms with Crippen LogP contribution in [-0.2, 0) is 0 Å². The zero-order valence-corrected chi connectivity index (χ0v) is 10.1. The molecule has 0 aromatic heterocycles. The van der Waals surface area contributed by atoms with Crippen molar-refractivity contribution in [1.82, 2.24) is 5.32 Å². The van der Waals surface area contributed by atoms with Crippen LogP contribution in [0, 0.1) is 5.82 Å². The Bertz CT molecular complexity index is 353. The van der Waals surface area contributed by atoms with Crippen LogP contribution in [0.3, 0.4) is 0 Å².